The number of carbonyl (C=O) groups is 2. The minimum Gasteiger partial charge on any atom is -0.379 e. The van der Waals surface area contributed by atoms with Crippen molar-refractivity contribution in [1.29, 1.82) is 0 Å². The highest BCUT2D eigenvalue weighted by Gasteiger charge is 2.40. The van der Waals surface area contributed by atoms with Crippen molar-refractivity contribution < 1.29 is 18.7 Å². The molecule has 0 saturated carbocycles. The number of halogens is 1. The number of amides is 3. The van der Waals surface area contributed by atoms with E-state index in [1.54, 1.807) is 23.1 Å². The number of urea groups is 1. The summed E-state index contributed by atoms with van der Waals surface area (Å²) in [6.45, 7) is 5.34. The third-order valence-corrected chi connectivity index (χ3v) is 4.26. The van der Waals surface area contributed by atoms with Crippen molar-refractivity contribution in [2.24, 2.45) is 0 Å². The van der Waals surface area contributed by atoms with Gasteiger partial charge in [-0.25, -0.2) is 9.18 Å². The van der Waals surface area contributed by atoms with E-state index in [1.807, 2.05) is 13.8 Å². The molecule has 7 heteroatoms. The zero-order valence-electron chi connectivity index (χ0n) is 14.3. The highest BCUT2D eigenvalue weighted by Crippen LogP contribution is 2.33. The summed E-state index contributed by atoms with van der Waals surface area (Å²) in [4.78, 5) is 26.4. The third-order valence-electron chi connectivity index (χ3n) is 4.26. The van der Waals surface area contributed by atoms with Crippen LogP contribution in [0.3, 0.4) is 0 Å². The van der Waals surface area contributed by atoms with Gasteiger partial charge in [-0.05, 0) is 26.3 Å². The first kappa shape index (κ1) is 17.4. The maximum absolute atomic E-state index is 14.2. The van der Waals surface area contributed by atoms with Crippen LogP contribution >= 0.6 is 0 Å². The summed E-state index contributed by atoms with van der Waals surface area (Å²) in [7, 11) is 0. The highest BCUT2D eigenvalue weighted by molar-refractivity contribution is 6.01. The third kappa shape index (κ3) is 3.66. The van der Waals surface area contributed by atoms with E-state index in [2.05, 4.69) is 10.6 Å². The predicted octanol–water partition coefficient (Wildman–Crippen LogP) is 2.09. The van der Waals surface area contributed by atoms with Crippen molar-refractivity contribution in [3.05, 3.63) is 46.9 Å². The van der Waals surface area contributed by atoms with Gasteiger partial charge in [0.1, 0.15) is 5.82 Å². The van der Waals surface area contributed by atoms with Gasteiger partial charge in [0, 0.05) is 18.7 Å². The van der Waals surface area contributed by atoms with Gasteiger partial charge in [-0.15, -0.1) is 0 Å². The fraction of sp³-hybridized carbons (Fsp3) is 0.444. The van der Waals surface area contributed by atoms with E-state index in [-0.39, 0.29) is 12.0 Å². The largest absolute Gasteiger partial charge is 0.379 e. The molecule has 1 atom stereocenters. The molecule has 3 rings (SSSR count). The minimum atomic E-state index is -0.769. The molecule has 2 N–H and O–H groups in total. The van der Waals surface area contributed by atoms with Gasteiger partial charge < -0.3 is 20.3 Å². The molecule has 2 aliphatic rings. The standard InChI is InChI=1S/C18H22FN3O3/c1-11(2)25-9-5-8-22-10-14-15(17(22)23)16(21-18(24)20-14)12-6-3-4-7-13(12)19/h3-4,6-7,11,16H,5,8-10H2,1-2H3,(H2,20,21,24)/t16-/m0/s1. The highest BCUT2D eigenvalue weighted by atomic mass is 19.1. The number of hydrogen-bond donors (Lipinski definition) is 2. The fourth-order valence-corrected chi connectivity index (χ4v) is 3.13. The van der Waals surface area contributed by atoms with Crippen LogP contribution in [0.15, 0.2) is 35.5 Å². The fourth-order valence-electron chi connectivity index (χ4n) is 3.13. The first-order valence-corrected chi connectivity index (χ1v) is 8.43. The molecular formula is C18H22FN3O3. The smallest absolute Gasteiger partial charge is 0.319 e. The second-order valence-corrected chi connectivity index (χ2v) is 6.45. The first-order valence-electron chi connectivity index (χ1n) is 8.43. The second-order valence-electron chi connectivity index (χ2n) is 6.45. The van der Waals surface area contributed by atoms with Crippen LogP contribution in [0.4, 0.5) is 9.18 Å². The molecular weight excluding hydrogens is 325 g/mol. The van der Waals surface area contributed by atoms with E-state index in [0.717, 1.165) is 0 Å². The summed E-state index contributed by atoms with van der Waals surface area (Å²) < 4.78 is 19.7. The van der Waals surface area contributed by atoms with Gasteiger partial charge in [0.15, 0.2) is 0 Å². The molecule has 6 nitrogen and oxygen atoms in total. The van der Waals surface area contributed by atoms with E-state index in [4.69, 9.17) is 4.74 Å². The number of ether oxygens (including phenoxy) is 1. The Hall–Kier alpha value is -2.41. The molecule has 0 unspecified atom stereocenters. The molecule has 0 bridgehead atoms. The lowest BCUT2D eigenvalue weighted by molar-refractivity contribution is -0.126. The number of hydrogen-bond acceptors (Lipinski definition) is 3. The summed E-state index contributed by atoms with van der Waals surface area (Å²) in [6.07, 6.45) is 0.852. The van der Waals surface area contributed by atoms with E-state index in [1.165, 1.54) is 6.07 Å². The van der Waals surface area contributed by atoms with Gasteiger partial charge in [-0.3, -0.25) is 4.79 Å². The number of benzene rings is 1. The van der Waals surface area contributed by atoms with Crippen LogP contribution in [0.5, 0.6) is 0 Å². The van der Waals surface area contributed by atoms with Gasteiger partial charge in [0.2, 0.25) is 0 Å². The van der Waals surface area contributed by atoms with E-state index in [9.17, 15) is 14.0 Å². The number of rotatable bonds is 6. The van der Waals surface area contributed by atoms with Gasteiger partial charge in [-0.2, -0.15) is 0 Å². The van der Waals surface area contributed by atoms with Crippen LogP contribution in [-0.2, 0) is 9.53 Å². The number of nitrogens with zero attached hydrogens (tertiary/aromatic N) is 1. The molecule has 0 saturated heterocycles. The molecule has 0 fully saturated rings. The van der Waals surface area contributed by atoms with Crippen molar-refractivity contribution in [1.82, 2.24) is 15.5 Å². The molecule has 1 aromatic rings. The number of carbonyl (C=O) groups excluding carboxylic acids is 2. The van der Waals surface area contributed by atoms with Gasteiger partial charge >= 0.3 is 6.03 Å². The molecule has 2 heterocycles. The minimum absolute atomic E-state index is 0.148. The van der Waals surface area contributed by atoms with Crippen LogP contribution in [0.1, 0.15) is 31.9 Å². The van der Waals surface area contributed by atoms with Gasteiger partial charge in [-0.1, -0.05) is 18.2 Å². The van der Waals surface area contributed by atoms with Gasteiger partial charge in [0.25, 0.3) is 5.91 Å². The Bertz CT molecular complexity index is 717. The van der Waals surface area contributed by atoms with Crippen LogP contribution in [0, 0.1) is 5.82 Å². The van der Waals surface area contributed by atoms with Crippen molar-refractivity contribution in [3.63, 3.8) is 0 Å². The van der Waals surface area contributed by atoms with E-state index < -0.39 is 17.9 Å². The van der Waals surface area contributed by atoms with Crippen molar-refractivity contribution in [2.75, 3.05) is 19.7 Å². The molecule has 25 heavy (non-hydrogen) atoms. The lowest BCUT2D eigenvalue weighted by Crippen LogP contribution is -2.44. The molecule has 2 aliphatic heterocycles. The van der Waals surface area contributed by atoms with E-state index in [0.29, 0.717) is 43.0 Å². The van der Waals surface area contributed by atoms with E-state index >= 15 is 0 Å². The topological polar surface area (TPSA) is 70.7 Å². The first-order chi connectivity index (χ1) is 12.0. The summed E-state index contributed by atoms with van der Waals surface area (Å²) >= 11 is 0. The maximum Gasteiger partial charge on any atom is 0.319 e. The SMILES string of the molecule is CC(C)OCCCN1CC2=C(C1=O)[C@H](c1ccccc1F)NC(=O)N2. The summed E-state index contributed by atoms with van der Waals surface area (Å²) in [5.41, 5.74) is 1.25. The molecule has 1 aromatic carbocycles. The molecule has 3 amide bonds. The normalized spacial score (nSPS) is 20.0. The van der Waals surface area contributed by atoms with Crippen molar-refractivity contribution in [3.8, 4) is 0 Å². The zero-order chi connectivity index (χ0) is 18.0. The number of nitrogens with one attached hydrogen (secondary N) is 2. The average Bonchev–Trinajstić information content (AvgIpc) is 2.87. The molecule has 0 radical (unpaired) electrons. The zero-order valence-corrected chi connectivity index (χ0v) is 14.3. The predicted molar refractivity (Wildman–Crippen MR) is 90.1 cm³/mol. The lowest BCUT2D eigenvalue weighted by atomic mass is 9.96. The Labute approximate surface area is 146 Å². The quantitative estimate of drug-likeness (QED) is 0.774. The summed E-state index contributed by atoms with van der Waals surface area (Å²) in [5, 5.41) is 5.34. The van der Waals surface area contributed by atoms with Crippen molar-refractivity contribution in [2.45, 2.75) is 32.4 Å². The summed E-state index contributed by atoms with van der Waals surface area (Å²) in [6, 6.07) is 4.98. The van der Waals surface area contributed by atoms with Gasteiger partial charge in [0.05, 0.1) is 30.0 Å². The Balaban J connectivity index is 1.76. The Morgan fingerprint density at radius 3 is 2.80 bits per heavy atom. The second kappa shape index (κ2) is 7.23. The average molecular weight is 347 g/mol. The Kier molecular flexibility index (Phi) is 5.03. The molecule has 0 aromatic heterocycles. The maximum atomic E-state index is 14.2. The van der Waals surface area contributed by atoms with Crippen LogP contribution in [-0.4, -0.2) is 42.6 Å². The Morgan fingerprint density at radius 2 is 2.08 bits per heavy atom. The van der Waals surface area contributed by atoms with Crippen LogP contribution in [0.2, 0.25) is 0 Å². The summed E-state index contributed by atoms with van der Waals surface area (Å²) in [5.74, 6) is -0.626. The van der Waals surface area contributed by atoms with Crippen LogP contribution in [0.25, 0.3) is 0 Å². The Morgan fingerprint density at radius 1 is 1.32 bits per heavy atom. The molecule has 0 aliphatic carbocycles. The lowest BCUT2D eigenvalue weighted by Gasteiger charge is -2.25. The van der Waals surface area contributed by atoms with Crippen LogP contribution < -0.4 is 10.6 Å². The molecule has 134 valence electrons. The van der Waals surface area contributed by atoms with Crippen molar-refractivity contribution >= 4 is 11.9 Å². The molecule has 0 spiro atoms. The monoisotopic (exact) mass is 347 g/mol.